The molecule has 0 N–H and O–H groups in total. The number of hydrogen-bond donors (Lipinski definition) is 0. The van der Waals surface area contributed by atoms with Crippen molar-refractivity contribution in [3.63, 3.8) is 0 Å². The van der Waals surface area contributed by atoms with Gasteiger partial charge < -0.3 is 9.42 Å². The molecule has 3 fully saturated rings. The zero-order valence-corrected chi connectivity index (χ0v) is 15.6. The summed E-state index contributed by atoms with van der Waals surface area (Å²) < 4.78 is 5.46. The first-order valence-corrected chi connectivity index (χ1v) is 9.75. The van der Waals surface area contributed by atoms with Gasteiger partial charge in [0.2, 0.25) is 5.89 Å². The summed E-state index contributed by atoms with van der Waals surface area (Å²) in [5.74, 6) is 4.73. The molecule has 0 aromatic carbocycles. The second-order valence-electron chi connectivity index (χ2n) is 8.20. The summed E-state index contributed by atoms with van der Waals surface area (Å²) in [4.78, 5) is 18.4. The van der Waals surface area contributed by atoms with Crippen LogP contribution in [0.1, 0.15) is 48.2 Å². The lowest BCUT2D eigenvalue weighted by Gasteiger charge is -2.23. The lowest BCUT2D eigenvalue weighted by molar-refractivity contribution is 0.278. The van der Waals surface area contributed by atoms with Crippen molar-refractivity contribution in [1.82, 2.24) is 25.0 Å². The van der Waals surface area contributed by atoms with Gasteiger partial charge in [0, 0.05) is 43.4 Å². The van der Waals surface area contributed by atoms with Crippen LogP contribution in [0.3, 0.4) is 0 Å². The molecule has 26 heavy (non-hydrogen) atoms. The number of anilines is 1. The Labute approximate surface area is 153 Å². The summed E-state index contributed by atoms with van der Waals surface area (Å²) in [6.45, 7) is 9.38. The first kappa shape index (κ1) is 16.2. The molecule has 7 heteroatoms. The molecule has 0 bridgehead atoms. The molecule has 1 saturated carbocycles. The molecule has 0 amide bonds. The fourth-order valence-electron chi connectivity index (χ4n) is 4.59. The van der Waals surface area contributed by atoms with E-state index in [0.29, 0.717) is 17.8 Å². The van der Waals surface area contributed by atoms with Crippen LogP contribution >= 0.6 is 0 Å². The lowest BCUT2D eigenvalue weighted by Crippen LogP contribution is -2.30. The van der Waals surface area contributed by atoms with E-state index in [0.717, 1.165) is 56.0 Å². The van der Waals surface area contributed by atoms with E-state index in [4.69, 9.17) is 4.52 Å². The lowest BCUT2D eigenvalue weighted by atomic mass is 9.85. The van der Waals surface area contributed by atoms with Gasteiger partial charge in [-0.25, -0.2) is 9.97 Å². The minimum absolute atomic E-state index is 0.516. The molecule has 2 unspecified atom stereocenters. The first-order chi connectivity index (χ1) is 12.7. The molecule has 138 valence electrons. The number of fused-ring (bicyclic) bond motifs is 1. The number of hydrogen-bond acceptors (Lipinski definition) is 7. The van der Waals surface area contributed by atoms with Crippen molar-refractivity contribution in [3.8, 4) is 0 Å². The highest BCUT2D eigenvalue weighted by Crippen LogP contribution is 2.36. The summed E-state index contributed by atoms with van der Waals surface area (Å²) in [7, 11) is 0. The van der Waals surface area contributed by atoms with E-state index >= 15 is 0 Å². The second-order valence-corrected chi connectivity index (χ2v) is 8.20. The number of aromatic nitrogens is 4. The van der Waals surface area contributed by atoms with E-state index in [9.17, 15) is 0 Å². The van der Waals surface area contributed by atoms with Crippen molar-refractivity contribution in [3.05, 3.63) is 29.3 Å². The van der Waals surface area contributed by atoms with E-state index < -0.39 is 0 Å². The first-order valence-electron chi connectivity index (χ1n) is 9.75. The summed E-state index contributed by atoms with van der Waals surface area (Å²) in [6.07, 6.45) is 5.38. The predicted molar refractivity (Wildman–Crippen MR) is 96.9 cm³/mol. The quantitative estimate of drug-likeness (QED) is 0.834. The largest absolute Gasteiger partial charge is 0.356 e. The highest BCUT2D eigenvalue weighted by Gasteiger charge is 2.41. The van der Waals surface area contributed by atoms with Gasteiger partial charge in [0.15, 0.2) is 5.82 Å². The van der Waals surface area contributed by atoms with Gasteiger partial charge in [-0.05, 0) is 38.5 Å². The van der Waals surface area contributed by atoms with Crippen LogP contribution < -0.4 is 4.90 Å². The maximum atomic E-state index is 5.46. The van der Waals surface area contributed by atoms with Crippen LogP contribution in [0.2, 0.25) is 0 Å². The molecule has 3 aliphatic rings. The third-order valence-electron chi connectivity index (χ3n) is 6.47. The molecular formula is C19H26N6O. The molecule has 2 saturated heterocycles. The molecule has 5 rings (SSSR count). The smallest absolute Gasteiger partial charge is 0.229 e. The number of likely N-dealkylation sites (tertiary alicyclic amines) is 1. The topological polar surface area (TPSA) is 71.2 Å². The zero-order valence-electron chi connectivity index (χ0n) is 15.6. The van der Waals surface area contributed by atoms with Gasteiger partial charge in [0.25, 0.3) is 0 Å². The molecule has 2 atom stereocenters. The predicted octanol–water partition coefficient (Wildman–Crippen LogP) is 2.31. The fraction of sp³-hybridized carbons (Fsp3) is 0.684. The molecule has 1 aliphatic carbocycles. The summed E-state index contributed by atoms with van der Waals surface area (Å²) >= 11 is 0. The van der Waals surface area contributed by atoms with Crippen LogP contribution in [0.4, 0.5) is 5.82 Å². The Morgan fingerprint density at radius 1 is 1.08 bits per heavy atom. The average molecular weight is 354 g/mol. The Hall–Kier alpha value is -2.02. The molecule has 2 aromatic heterocycles. The van der Waals surface area contributed by atoms with Crippen molar-refractivity contribution in [2.24, 2.45) is 11.8 Å². The molecular weight excluding hydrogens is 328 g/mol. The van der Waals surface area contributed by atoms with Crippen LogP contribution in [-0.2, 0) is 6.54 Å². The highest BCUT2D eigenvalue weighted by atomic mass is 16.5. The van der Waals surface area contributed by atoms with Crippen molar-refractivity contribution >= 4 is 5.82 Å². The van der Waals surface area contributed by atoms with Gasteiger partial charge in [-0.2, -0.15) is 4.98 Å². The van der Waals surface area contributed by atoms with Gasteiger partial charge in [0.1, 0.15) is 12.1 Å². The minimum atomic E-state index is 0.516. The van der Waals surface area contributed by atoms with E-state index in [1.54, 1.807) is 6.33 Å². The minimum Gasteiger partial charge on any atom is -0.356 e. The maximum Gasteiger partial charge on any atom is 0.229 e. The molecule has 0 radical (unpaired) electrons. The van der Waals surface area contributed by atoms with E-state index in [1.165, 1.54) is 24.8 Å². The van der Waals surface area contributed by atoms with Crippen molar-refractivity contribution in [2.45, 2.75) is 45.6 Å². The van der Waals surface area contributed by atoms with Gasteiger partial charge in [-0.1, -0.05) is 11.6 Å². The summed E-state index contributed by atoms with van der Waals surface area (Å²) in [6, 6.07) is 0. The third kappa shape index (κ3) is 2.78. The van der Waals surface area contributed by atoms with Gasteiger partial charge in [-0.3, -0.25) is 4.90 Å². The Bertz CT molecular complexity index is 787. The number of nitrogens with zero attached hydrogens (tertiary/aromatic N) is 6. The van der Waals surface area contributed by atoms with Crippen LogP contribution in [0.15, 0.2) is 10.9 Å². The van der Waals surface area contributed by atoms with Crippen LogP contribution in [-0.4, -0.2) is 51.2 Å². The third-order valence-corrected chi connectivity index (χ3v) is 6.47. The standard InChI is InChI=1S/C19H26N6O/c1-12-13(2)20-11-21-18(12)25-8-15-6-24(7-16(15)9-25)10-17-22-19(26-23-17)14-4-3-5-14/h11,14-16H,3-10H2,1-2H3. The highest BCUT2D eigenvalue weighted by molar-refractivity contribution is 5.48. The SMILES string of the molecule is Cc1ncnc(N2CC3CN(Cc4noc(C5CCC5)n4)CC3C2)c1C. The molecule has 4 heterocycles. The fourth-order valence-corrected chi connectivity index (χ4v) is 4.59. The normalized spacial score (nSPS) is 26.3. The second kappa shape index (κ2) is 6.30. The van der Waals surface area contributed by atoms with Crippen LogP contribution in [0.25, 0.3) is 0 Å². The number of aryl methyl sites for hydroxylation is 1. The Kier molecular flexibility index (Phi) is 3.92. The van der Waals surface area contributed by atoms with E-state index in [-0.39, 0.29) is 0 Å². The van der Waals surface area contributed by atoms with Crippen molar-refractivity contribution in [2.75, 3.05) is 31.1 Å². The Balaban J connectivity index is 1.20. The monoisotopic (exact) mass is 354 g/mol. The van der Waals surface area contributed by atoms with Crippen molar-refractivity contribution in [1.29, 1.82) is 0 Å². The average Bonchev–Trinajstić information content (AvgIpc) is 3.24. The van der Waals surface area contributed by atoms with Gasteiger partial charge in [-0.15, -0.1) is 0 Å². The van der Waals surface area contributed by atoms with Crippen LogP contribution in [0, 0.1) is 25.7 Å². The molecule has 0 spiro atoms. The zero-order chi connectivity index (χ0) is 17.7. The Morgan fingerprint density at radius 3 is 2.54 bits per heavy atom. The summed E-state index contributed by atoms with van der Waals surface area (Å²) in [5, 5.41) is 4.21. The molecule has 2 aliphatic heterocycles. The molecule has 2 aromatic rings. The van der Waals surface area contributed by atoms with E-state index in [1.807, 2.05) is 0 Å². The van der Waals surface area contributed by atoms with Crippen molar-refractivity contribution < 1.29 is 4.52 Å². The molecule has 7 nitrogen and oxygen atoms in total. The van der Waals surface area contributed by atoms with Crippen LogP contribution in [0.5, 0.6) is 0 Å². The number of rotatable bonds is 4. The Morgan fingerprint density at radius 2 is 1.85 bits per heavy atom. The summed E-state index contributed by atoms with van der Waals surface area (Å²) in [5.41, 5.74) is 2.28. The maximum absolute atomic E-state index is 5.46. The van der Waals surface area contributed by atoms with Gasteiger partial charge >= 0.3 is 0 Å². The van der Waals surface area contributed by atoms with E-state index in [2.05, 4.69) is 43.8 Å². The van der Waals surface area contributed by atoms with Gasteiger partial charge in [0.05, 0.1) is 6.54 Å².